The van der Waals surface area contributed by atoms with Gasteiger partial charge in [-0.1, -0.05) is 30.0 Å². The van der Waals surface area contributed by atoms with Crippen LogP contribution in [-0.2, 0) is 4.74 Å². The minimum atomic E-state index is -0.412. The van der Waals surface area contributed by atoms with E-state index < -0.39 is 5.97 Å². The van der Waals surface area contributed by atoms with Gasteiger partial charge in [0.15, 0.2) is 5.78 Å². The molecule has 7 heteroatoms. The van der Waals surface area contributed by atoms with Crippen molar-refractivity contribution in [2.45, 2.75) is 38.0 Å². The molecule has 0 saturated carbocycles. The Bertz CT molecular complexity index is 1010. The number of benzene rings is 1. The Hall–Kier alpha value is -2.67. The van der Waals surface area contributed by atoms with Gasteiger partial charge in [-0.15, -0.1) is 0 Å². The van der Waals surface area contributed by atoms with Crippen LogP contribution < -0.4 is 0 Å². The number of carbonyl (C=O) groups excluding carboxylic acids is 2. The number of ether oxygens (including phenoxy) is 1. The Morgan fingerprint density at radius 2 is 1.96 bits per heavy atom. The molecule has 3 rings (SSSR count). The van der Waals surface area contributed by atoms with Crippen molar-refractivity contribution < 1.29 is 14.3 Å². The SMILES string of the molecule is CCOC(=O)c1c(C)[nH]c(C(=O)[C@@H](C)Sc2ncnc3ccccc23)c1C. The zero-order valence-electron chi connectivity index (χ0n) is 15.7. The van der Waals surface area contributed by atoms with Crippen LogP contribution in [0.15, 0.2) is 35.6 Å². The van der Waals surface area contributed by atoms with E-state index in [0.717, 1.165) is 15.9 Å². The lowest BCUT2D eigenvalue weighted by atomic mass is 10.1. The molecule has 0 spiro atoms. The molecule has 1 atom stereocenters. The molecule has 0 fully saturated rings. The summed E-state index contributed by atoms with van der Waals surface area (Å²) in [6.45, 7) is 7.42. The van der Waals surface area contributed by atoms with Crippen LogP contribution >= 0.6 is 11.8 Å². The fourth-order valence-electron chi connectivity index (χ4n) is 3.00. The molecule has 0 saturated heterocycles. The van der Waals surface area contributed by atoms with Crippen molar-refractivity contribution in [1.29, 1.82) is 0 Å². The van der Waals surface area contributed by atoms with Crippen LogP contribution in [0.1, 0.15) is 46.0 Å². The van der Waals surface area contributed by atoms with E-state index in [1.807, 2.05) is 31.2 Å². The van der Waals surface area contributed by atoms with Gasteiger partial charge >= 0.3 is 5.97 Å². The van der Waals surface area contributed by atoms with E-state index >= 15 is 0 Å². The molecule has 2 aromatic heterocycles. The molecule has 0 aliphatic carbocycles. The molecule has 0 radical (unpaired) electrons. The van der Waals surface area contributed by atoms with Gasteiger partial charge in [-0.25, -0.2) is 14.8 Å². The molecular weight excluding hydrogens is 362 g/mol. The predicted octanol–water partition coefficient (Wildman–Crippen LogP) is 4.11. The molecule has 0 amide bonds. The Kier molecular flexibility index (Phi) is 5.60. The molecule has 0 aliphatic heterocycles. The van der Waals surface area contributed by atoms with Gasteiger partial charge in [0.05, 0.1) is 28.6 Å². The van der Waals surface area contributed by atoms with Crippen molar-refractivity contribution in [2.24, 2.45) is 0 Å². The van der Waals surface area contributed by atoms with Gasteiger partial charge in [-0.05, 0) is 39.3 Å². The molecule has 2 heterocycles. The van der Waals surface area contributed by atoms with Crippen LogP contribution in [0.5, 0.6) is 0 Å². The van der Waals surface area contributed by atoms with Crippen molar-refractivity contribution in [3.05, 3.63) is 53.1 Å². The number of para-hydroxylation sites is 1. The van der Waals surface area contributed by atoms with Gasteiger partial charge in [-0.2, -0.15) is 0 Å². The number of ketones is 1. The van der Waals surface area contributed by atoms with Gasteiger partial charge < -0.3 is 9.72 Å². The van der Waals surface area contributed by atoms with Crippen molar-refractivity contribution in [1.82, 2.24) is 15.0 Å². The fourth-order valence-corrected chi connectivity index (χ4v) is 3.97. The maximum Gasteiger partial charge on any atom is 0.340 e. The summed E-state index contributed by atoms with van der Waals surface area (Å²) >= 11 is 1.38. The van der Waals surface area contributed by atoms with E-state index in [0.29, 0.717) is 29.1 Å². The standard InChI is InChI=1S/C20H21N3O3S/c1-5-26-20(25)16-11(2)17(23-12(16)3)18(24)13(4)27-19-14-8-6-7-9-15(14)21-10-22-19/h6-10,13,23H,5H2,1-4H3/t13-/m1/s1. The van der Waals surface area contributed by atoms with Crippen molar-refractivity contribution in [3.63, 3.8) is 0 Å². The number of esters is 1. The number of H-pyrrole nitrogens is 1. The summed E-state index contributed by atoms with van der Waals surface area (Å²) in [6, 6.07) is 7.70. The number of aromatic amines is 1. The molecule has 27 heavy (non-hydrogen) atoms. The maximum atomic E-state index is 13.0. The second-order valence-corrected chi connectivity index (χ2v) is 7.50. The summed E-state index contributed by atoms with van der Waals surface area (Å²) in [5.74, 6) is -0.497. The van der Waals surface area contributed by atoms with Crippen LogP contribution in [0.3, 0.4) is 0 Å². The number of aryl methyl sites for hydroxylation is 1. The summed E-state index contributed by atoms with van der Waals surface area (Å²) in [6.07, 6.45) is 1.50. The molecule has 0 bridgehead atoms. The molecule has 6 nitrogen and oxygen atoms in total. The van der Waals surface area contributed by atoms with Gasteiger partial charge in [0.2, 0.25) is 0 Å². The third-order valence-corrected chi connectivity index (χ3v) is 5.44. The highest BCUT2D eigenvalue weighted by Crippen LogP contribution is 2.30. The lowest BCUT2D eigenvalue weighted by molar-refractivity contribution is 0.0525. The number of hydrogen-bond acceptors (Lipinski definition) is 6. The van der Waals surface area contributed by atoms with Crippen LogP contribution in [0, 0.1) is 13.8 Å². The Balaban J connectivity index is 1.88. The maximum absolute atomic E-state index is 13.0. The van der Waals surface area contributed by atoms with Crippen molar-refractivity contribution >= 4 is 34.4 Å². The number of thioether (sulfide) groups is 1. The van der Waals surface area contributed by atoms with Crippen LogP contribution in [-0.4, -0.2) is 38.6 Å². The van der Waals surface area contributed by atoms with E-state index in [4.69, 9.17) is 4.74 Å². The van der Waals surface area contributed by atoms with E-state index in [-0.39, 0.29) is 11.0 Å². The Morgan fingerprint density at radius 1 is 1.22 bits per heavy atom. The number of hydrogen-bond donors (Lipinski definition) is 1. The number of carbonyl (C=O) groups is 2. The van der Waals surface area contributed by atoms with Gasteiger partial charge in [0, 0.05) is 11.1 Å². The van der Waals surface area contributed by atoms with Gasteiger partial charge in [0.1, 0.15) is 11.4 Å². The normalized spacial score (nSPS) is 12.1. The average molecular weight is 383 g/mol. The van der Waals surface area contributed by atoms with E-state index in [1.54, 1.807) is 20.8 Å². The fraction of sp³-hybridized carbons (Fsp3) is 0.300. The highest BCUT2D eigenvalue weighted by Gasteiger charge is 2.26. The third-order valence-electron chi connectivity index (χ3n) is 4.33. The molecule has 140 valence electrons. The molecule has 0 aliphatic rings. The number of Topliss-reactive ketones (excluding diaryl/α,β-unsaturated/α-hetero) is 1. The number of nitrogens with zero attached hydrogens (tertiary/aromatic N) is 2. The van der Waals surface area contributed by atoms with Crippen molar-refractivity contribution in [2.75, 3.05) is 6.61 Å². The predicted molar refractivity (Wildman–Crippen MR) is 105 cm³/mol. The summed E-state index contributed by atoms with van der Waals surface area (Å²) in [7, 11) is 0. The van der Waals surface area contributed by atoms with Crippen LogP contribution in [0.4, 0.5) is 0 Å². The number of rotatable bonds is 6. The highest BCUT2D eigenvalue weighted by atomic mass is 32.2. The third kappa shape index (κ3) is 3.73. The molecule has 3 aromatic rings. The number of nitrogens with one attached hydrogen (secondary N) is 1. The van der Waals surface area contributed by atoms with Crippen LogP contribution in [0.25, 0.3) is 10.9 Å². The summed E-state index contributed by atoms with van der Waals surface area (Å²) in [5, 5.41) is 1.29. The monoisotopic (exact) mass is 383 g/mol. The number of aromatic nitrogens is 3. The lowest BCUT2D eigenvalue weighted by Gasteiger charge is -2.11. The highest BCUT2D eigenvalue weighted by molar-refractivity contribution is 8.00. The first-order valence-corrected chi connectivity index (χ1v) is 9.58. The smallest absolute Gasteiger partial charge is 0.340 e. The quantitative estimate of drug-likeness (QED) is 0.298. The molecule has 1 N–H and O–H groups in total. The van der Waals surface area contributed by atoms with Gasteiger partial charge in [0.25, 0.3) is 0 Å². The average Bonchev–Trinajstić information content (AvgIpc) is 2.95. The minimum absolute atomic E-state index is 0.0844. The summed E-state index contributed by atoms with van der Waals surface area (Å²) in [4.78, 5) is 36.8. The first-order chi connectivity index (χ1) is 12.9. The summed E-state index contributed by atoms with van der Waals surface area (Å²) < 4.78 is 5.09. The van der Waals surface area contributed by atoms with Gasteiger partial charge in [-0.3, -0.25) is 4.79 Å². The minimum Gasteiger partial charge on any atom is -0.462 e. The summed E-state index contributed by atoms with van der Waals surface area (Å²) in [5.41, 5.74) is 2.97. The second-order valence-electron chi connectivity index (χ2n) is 6.17. The largest absolute Gasteiger partial charge is 0.462 e. The zero-order valence-corrected chi connectivity index (χ0v) is 16.5. The Morgan fingerprint density at radius 3 is 2.70 bits per heavy atom. The van der Waals surface area contributed by atoms with Crippen molar-refractivity contribution in [3.8, 4) is 0 Å². The van der Waals surface area contributed by atoms with Crippen LogP contribution in [0.2, 0.25) is 0 Å². The van der Waals surface area contributed by atoms with E-state index in [2.05, 4.69) is 15.0 Å². The zero-order chi connectivity index (χ0) is 19.6. The molecule has 1 aromatic carbocycles. The second kappa shape index (κ2) is 7.92. The molecular formula is C20H21N3O3S. The lowest BCUT2D eigenvalue weighted by Crippen LogP contribution is -2.16. The van der Waals surface area contributed by atoms with E-state index in [1.165, 1.54) is 18.1 Å². The molecule has 0 unspecified atom stereocenters. The number of fused-ring (bicyclic) bond motifs is 1. The Labute approximate surface area is 161 Å². The van der Waals surface area contributed by atoms with E-state index in [9.17, 15) is 9.59 Å². The topological polar surface area (TPSA) is 84.9 Å². The first-order valence-electron chi connectivity index (χ1n) is 8.70. The first kappa shape index (κ1) is 19.1.